The lowest BCUT2D eigenvalue weighted by Gasteiger charge is -2.28. The van der Waals surface area contributed by atoms with Crippen LogP contribution in [0, 0.1) is 12.8 Å². The number of aryl methyl sites for hydroxylation is 1. The highest BCUT2D eigenvalue weighted by Crippen LogP contribution is 2.19. The molecule has 2 N–H and O–H groups in total. The number of anilines is 1. The van der Waals surface area contributed by atoms with E-state index in [1.54, 1.807) is 6.20 Å². The van der Waals surface area contributed by atoms with Gasteiger partial charge in [-0.05, 0) is 59.8 Å². The number of halogens is 1. The normalized spacial score (nSPS) is 23.7. The topological polar surface area (TPSA) is 54.0 Å². The summed E-state index contributed by atoms with van der Waals surface area (Å²) in [7, 11) is 0. The molecule has 1 aliphatic heterocycles. The quantitative estimate of drug-likeness (QED) is 0.882. The molecule has 1 aliphatic rings. The molecule has 98 valence electrons. The van der Waals surface area contributed by atoms with Gasteiger partial charge in [0.2, 0.25) is 5.91 Å². The van der Waals surface area contributed by atoms with Crippen LogP contribution in [0.4, 0.5) is 5.82 Å². The first kappa shape index (κ1) is 13.5. The van der Waals surface area contributed by atoms with Crippen LogP contribution < -0.4 is 10.6 Å². The van der Waals surface area contributed by atoms with E-state index in [0.717, 1.165) is 29.4 Å². The number of piperidine rings is 1. The summed E-state index contributed by atoms with van der Waals surface area (Å²) >= 11 is 3.39. The summed E-state index contributed by atoms with van der Waals surface area (Å²) in [6, 6.07) is 1.76. The van der Waals surface area contributed by atoms with Crippen LogP contribution >= 0.6 is 15.9 Å². The summed E-state index contributed by atoms with van der Waals surface area (Å²) in [4.78, 5) is 16.3. The largest absolute Gasteiger partial charge is 0.309 e. The lowest BCUT2D eigenvalue weighted by molar-refractivity contribution is -0.119. The highest BCUT2D eigenvalue weighted by atomic mass is 79.9. The number of hydrogen-bond acceptors (Lipinski definition) is 3. The molecule has 2 atom stereocenters. The maximum Gasteiger partial charge on any atom is 0.242 e. The lowest BCUT2D eigenvalue weighted by Crippen LogP contribution is -2.48. The van der Waals surface area contributed by atoms with Gasteiger partial charge in [0.25, 0.3) is 0 Å². The van der Waals surface area contributed by atoms with E-state index in [1.165, 1.54) is 0 Å². The van der Waals surface area contributed by atoms with Crippen molar-refractivity contribution in [1.82, 2.24) is 10.3 Å². The van der Waals surface area contributed by atoms with Crippen LogP contribution in [0.1, 0.15) is 25.3 Å². The fourth-order valence-corrected chi connectivity index (χ4v) is 2.43. The van der Waals surface area contributed by atoms with Gasteiger partial charge >= 0.3 is 0 Å². The van der Waals surface area contributed by atoms with E-state index in [0.29, 0.717) is 11.7 Å². The van der Waals surface area contributed by atoms with Crippen molar-refractivity contribution < 1.29 is 4.79 Å². The summed E-state index contributed by atoms with van der Waals surface area (Å²) in [5.74, 6) is 0.993. The molecule has 1 amide bonds. The second-order valence-corrected chi connectivity index (χ2v) is 5.71. The fraction of sp³-hybridized carbons (Fsp3) is 0.538. The van der Waals surface area contributed by atoms with E-state index in [1.807, 2.05) is 13.0 Å². The highest BCUT2D eigenvalue weighted by Gasteiger charge is 2.27. The zero-order valence-electron chi connectivity index (χ0n) is 10.7. The Kier molecular flexibility index (Phi) is 4.35. The average molecular weight is 312 g/mol. The van der Waals surface area contributed by atoms with Gasteiger partial charge in [0.15, 0.2) is 0 Å². The first-order valence-corrected chi connectivity index (χ1v) is 7.03. The van der Waals surface area contributed by atoms with Crippen molar-refractivity contribution >= 4 is 27.7 Å². The standard InChI is InChI=1S/C13H18BrN3O/c1-8-4-3-5-15-12(8)13(18)17-11-6-9(2)10(14)7-16-11/h6-8,12,15H,3-5H2,1-2H3,(H,16,17,18). The van der Waals surface area contributed by atoms with Gasteiger partial charge in [-0.2, -0.15) is 0 Å². The van der Waals surface area contributed by atoms with Crippen molar-refractivity contribution in [3.05, 3.63) is 22.3 Å². The van der Waals surface area contributed by atoms with Gasteiger partial charge < -0.3 is 10.6 Å². The molecule has 1 aromatic heterocycles. The summed E-state index contributed by atoms with van der Waals surface area (Å²) in [6.07, 6.45) is 3.95. The van der Waals surface area contributed by atoms with Crippen LogP contribution in [0.25, 0.3) is 0 Å². The first-order chi connectivity index (χ1) is 8.58. The van der Waals surface area contributed by atoms with Crippen LogP contribution in [-0.4, -0.2) is 23.5 Å². The number of carbonyl (C=O) groups is 1. The number of pyridine rings is 1. The SMILES string of the molecule is Cc1cc(NC(=O)C2NCCCC2C)ncc1Br. The molecule has 2 rings (SSSR count). The Morgan fingerprint density at radius 3 is 3.06 bits per heavy atom. The number of aromatic nitrogens is 1. The van der Waals surface area contributed by atoms with E-state index in [9.17, 15) is 4.79 Å². The predicted molar refractivity (Wildman–Crippen MR) is 75.5 cm³/mol. The third-order valence-electron chi connectivity index (χ3n) is 3.35. The molecule has 5 heteroatoms. The van der Waals surface area contributed by atoms with Gasteiger partial charge in [0, 0.05) is 10.7 Å². The van der Waals surface area contributed by atoms with Gasteiger partial charge in [-0.1, -0.05) is 6.92 Å². The number of nitrogens with one attached hydrogen (secondary N) is 2. The van der Waals surface area contributed by atoms with Crippen molar-refractivity contribution in [2.75, 3.05) is 11.9 Å². The van der Waals surface area contributed by atoms with Gasteiger partial charge in [0.05, 0.1) is 6.04 Å². The van der Waals surface area contributed by atoms with Crippen LogP contribution in [0.5, 0.6) is 0 Å². The number of rotatable bonds is 2. The molecule has 2 unspecified atom stereocenters. The Labute approximate surface area is 116 Å². The molecule has 0 radical (unpaired) electrons. The molecule has 0 saturated carbocycles. The van der Waals surface area contributed by atoms with Gasteiger partial charge in [-0.25, -0.2) is 4.98 Å². The number of carbonyl (C=O) groups excluding carboxylic acids is 1. The summed E-state index contributed by atoms with van der Waals surface area (Å²) in [5.41, 5.74) is 1.06. The third kappa shape index (κ3) is 3.09. The van der Waals surface area contributed by atoms with Crippen molar-refractivity contribution in [3.8, 4) is 0 Å². The summed E-state index contributed by atoms with van der Waals surface area (Å²) < 4.78 is 0.949. The molecule has 0 spiro atoms. The Bertz CT molecular complexity index is 450. The Morgan fingerprint density at radius 2 is 2.39 bits per heavy atom. The molecular formula is C13H18BrN3O. The Balaban J connectivity index is 2.04. The smallest absolute Gasteiger partial charge is 0.242 e. The van der Waals surface area contributed by atoms with Crippen molar-refractivity contribution in [2.45, 2.75) is 32.7 Å². The number of hydrogen-bond donors (Lipinski definition) is 2. The second kappa shape index (κ2) is 5.80. The van der Waals surface area contributed by atoms with Crippen LogP contribution in [0.2, 0.25) is 0 Å². The van der Waals surface area contributed by atoms with E-state index < -0.39 is 0 Å². The molecule has 2 heterocycles. The molecular weight excluding hydrogens is 294 g/mol. The predicted octanol–water partition coefficient (Wildman–Crippen LogP) is 2.48. The minimum atomic E-state index is -0.107. The molecule has 18 heavy (non-hydrogen) atoms. The van der Waals surface area contributed by atoms with Crippen LogP contribution in [-0.2, 0) is 4.79 Å². The molecule has 0 bridgehead atoms. The van der Waals surface area contributed by atoms with Crippen LogP contribution in [0.3, 0.4) is 0 Å². The van der Waals surface area contributed by atoms with Crippen molar-refractivity contribution in [3.63, 3.8) is 0 Å². The molecule has 4 nitrogen and oxygen atoms in total. The zero-order chi connectivity index (χ0) is 13.1. The van der Waals surface area contributed by atoms with Gasteiger partial charge in [0.1, 0.15) is 5.82 Å². The van der Waals surface area contributed by atoms with E-state index >= 15 is 0 Å². The molecule has 1 fully saturated rings. The van der Waals surface area contributed by atoms with Gasteiger partial charge in [-0.15, -0.1) is 0 Å². The first-order valence-electron chi connectivity index (χ1n) is 6.24. The van der Waals surface area contributed by atoms with Crippen molar-refractivity contribution in [2.24, 2.45) is 5.92 Å². The molecule has 1 aromatic rings. The second-order valence-electron chi connectivity index (χ2n) is 4.86. The average Bonchev–Trinajstić information content (AvgIpc) is 2.34. The minimum Gasteiger partial charge on any atom is -0.309 e. The van der Waals surface area contributed by atoms with Crippen molar-refractivity contribution in [1.29, 1.82) is 0 Å². The Hall–Kier alpha value is -0.940. The molecule has 1 saturated heterocycles. The molecule has 0 aliphatic carbocycles. The summed E-state index contributed by atoms with van der Waals surface area (Å²) in [6.45, 7) is 4.99. The number of amides is 1. The zero-order valence-corrected chi connectivity index (χ0v) is 12.3. The fourth-order valence-electron chi connectivity index (χ4n) is 2.21. The van der Waals surface area contributed by atoms with E-state index in [2.05, 4.69) is 38.5 Å². The number of nitrogens with zero attached hydrogens (tertiary/aromatic N) is 1. The molecule has 0 aromatic carbocycles. The monoisotopic (exact) mass is 311 g/mol. The van der Waals surface area contributed by atoms with Gasteiger partial charge in [-0.3, -0.25) is 4.79 Å². The lowest BCUT2D eigenvalue weighted by atomic mass is 9.92. The van der Waals surface area contributed by atoms with E-state index in [-0.39, 0.29) is 11.9 Å². The maximum atomic E-state index is 12.1. The van der Waals surface area contributed by atoms with E-state index in [4.69, 9.17) is 0 Å². The highest BCUT2D eigenvalue weighted by molar-refractivity contribution is 9.10. The third-order valence-corrected chi connectivity index (χ3v) is 4.18. The summed E-state index contributed by atoms with van der Waals surface area (Å²) in [5, 5.41) is 6.14. The Morgan fingerprint density at radius 1 is 1.61 bits per heavy atom. The van der Waals surface area contributed by atoms with Crippen LogP contribution in [0.15, 0.2) is 16.7 Å². The maximum absolute atomic E-state index is 12.1. The minimum absolute atomic E-state index is 0.0106.